The van der Waals surface area contributed by atoms with E-state index in [4.69, 9.17) is 15.2 Å². The van der Waals surface area contributed by atoms with Crippen molar-refractivity contribution in [2.45, 2.75) is 6.92 Å². The van der Waals surface area contributed by atoms with Crippen molar-refractivity contribution in [2.75, 3.05) is 25.3 Å². The van der Waals surface area contributed by atoms with E-state index < -0.39 is 0 Å². The molecule has 0 spiro atoms. The molecule has 3 N–H and O–H groups in total. The average molecular weight is 262 g/mol. The number of anilines is 3. The van der Waals surface area contributed by atoms with E-state index in [9.17, 15) is 0 Å². The summed E-state index contributed by atoms with van der Waals surface area (Å²) in [6, 6.07) is 5.54. The summed E-state index contributed by atoms with van der Waals surface area (Å²) in [5.74, 6) is 2.16. The van der Waals surface area contributed by atoms with Crippen LogP contribution in [-0.4, -0.2) is 24.0 Å². The van der Waals surface area contributed by atoms with Gasteiger partial charge in [0, 0.05) is 30.9 Å². The third-order valence-electron chi connectivity index (χ3n) is 2.88. The van der Waals surface area contributed by atoms with Crippen molar-refractivity contribution in [3.05, 3.63) is 23.9 Å². The summed E-state index contributed by atoms with van der Waals surface area (Å²) in [7, 11) is 5.06. The van der Waals surface area contributed by atoms with Crippen LogP contribution >= 0.6 is 0 Å². The van der Waals surface area contributed by atoms with Gasteiger partial charge in [0.15, 0.2) is 5.82 Å². The lowest BCUT2D eigenvalue weighted by atomic mass is 10.2. The summed E-state index contributed by atoms with van der Waals surface area (Å²) in [6.45, 7) is 1.87. The fourth-order valence-electron chi connectivity index (χ4n) is 1.84. The van der Waals surface area contributed by atoms with Gasteiger partial charge in [-0.25, -0.2) is 0 Å². The van der Waals surface area contributed by atoms with Gasteiger partial charge in [-0.1, -0.05) is 0 Å². The highest BCUT2D eigenvalue weighted by atomic mass is 16.5. The second-order valence-corrected chi connectivity index (χ2v) is 4.20. The average Bonchev–Trinajstić information content (AvgIpc) is 2.65. The van der Waals surface area contributed by atoms with Crippen molar-refractivity contribution in [3.8, 4) is 11.5 Å². The van der Waals surface area contributed by atoms with Crippen molar-refractivity contribution < 1.29 is 9.47 Å². The summed E-state index contributed by atoms with van der Waals surface area (Å²) in [5.41, 5.74) is 8.23. The molecule has 0 amide bonds. The van der Waals surface area contributed by atoms with E-state index in [0.717, 1.165) is 17.2 Å². The normalized spacial score (nSPS) is 10.3. The molecule has 1 aromatic carbocycles. The van der Waals surface area contributed by atoms with Gasteiger partial charge in [0.05, 0.1) is 25.6 Å². The molecule has 0 bridgehead atoms. The molecule has 0 radical (unpaired) electrons. The van der Waals surface area contributed by atoms with Gasteiger partial charge in [0.25, 0.3) is 0 Å². The number of nitrogens with two attached hydrogens (primary N) is 1. The predicted molar refractivity (Wildman–Crippen MR) is 75.2 cm³/mol. The van der Waals surface area contributed by atoms with Crippen LogP contribution in [0.15, 0.2) is 18.2 Å². The molecule has 0 atom stereocenters. The lowest BCUT2D eigenvalue weighted by Gasteiger charge is -2.11. The fraction of sp³-hybridized carbons (Fsp3) is 0.308. The van der Waals surface area contributed by atoms with Crippen LogP contribution in [-0.2, 0) is 7.05 Å². The summed E-state index contributed by atoms with van der Waals surface area (Å²) in [5, 5.41) is 7.48. The maximum absolute atomic E-state index is 5.98. The molecule has 0 aliphatic carbocycles. The molecule has 0 fully saturated rings. The Kier molecular flexibility index (Phi) is 3.50. The zero-order valence-corrected chi connectivity index (χ0v) is 11.5. The first-order chi connectivity index (χ1) is 9.05. The Morgan fingerprint density at radius 2 is 1.74 bits per heavy atom. The molecule has 2 rings (SSSR count). The minimum Gasteiger partial charge on any atom is -0.497 e. The third kappa shape index (κ3) is 2.57. The van der Waals surface area contributed by atoms with Crippen LogP contribution in [0.25, 0.3) is 0 Å². The van der Waals surface area contributed by atoms with Gasteiger partial charge >= 0.3 is 0 Å². The number of nitrogens with zero attached hydrogens (tertiary/aromatic N) is 2. The summed E-state index contributed by atoms with van der Waals surface area (Å²) >= 11 is 0. The van der Waals surface area contributed by atoms with Crippen molar-refractivity contribution >= 4 is 17.2 Å². The molecule has 2 aromatic rings. The highest BCUT2D eigenvalue weighted by molar-refractivity contribution is 5.72. The number of benzene rings is 1. The lowest BCUT2D eigenvalue weighted by Crippen LogP contribution is -2.02. The highest BCUT2D eigenvalue weighted by Crippen LogP contribution is 2.30. The Hall–Kier alpha value is -2.37. The van der Waals surface area contributed by atoms with Crippen molar-refractivity contribution in [3.63, 3.8) is 0 Å². The van der Waals surface area contributed by atoms with E-state index in [2.05, 4.69) is 10.4 Å². The molecule has 0 aliphatic rings. The van der Waals surface area contributed by atoms with Crippen LogP contribution in [0.5, 0.6) is 11.5 Å². The largest absolute Gasteiger partial charge is 0.497 e. The summed E-state index contributed by atoms with van der Waals surface area (Å²) in [4.78, 5) is 0. The number of nitrogens with one attached hydrogen (secondary N) is 1. The molecule has 0 saturated heterocycles. The minimum atomic E-state index is 0.629. The van der Waals surface area contributed by atoms with Crippen molar-refractivity contribution in [1.82, 2.24) is 9.78 Å². The van der Waals surface area contributed by atoms with Crippen molar-refractivity contribution in [1.29, 1.82) is 0 Å². The van der Waals surface area contributed by atoms with Gasteiger partial charge in [-0.15, -0.1) is 0 Å². The summed E-state index contributed by atoms with van der Waals surface area (Å²) in [6.07, 6.45) is 0. The second-order valence-electron chi connectivity index (χ2n) is 4.20. The molecule has 0 unspecified atom stereocenters. The van der Waals surface area contributed by atoms with E-state index in [0.29, 0.717) is 17.2 Å². The molecule has 19 heavy (non-hydrogen) atoms. The number of ether oxygens (including phenoxy) is 2. The Bertz CT molecular complexity index is 570. The monoisotopic (exact) mass is 262 g/mol. The maximum atomic E-state index is 5.98. The van der Waals surface area contributed by atoms with Crippen LogP contribution in [0.1, 0.15) is 5.69 Å². The van der Waals surface area contributed by atoms with Gasteiger partial charge in [-0.05, 0) is 6.92 Å². The number of hydrogen-bond acceptors (Lipinski definition) is 5. The molecular formula is C13H18N4O2. The number of rotatable bonds is 4. The Labute approximate surface area is 112 Å². The zero-order valence-electron chi connectivity index (χ0n) is 11.5. The maximum Gasteiger partial charge on any atom is 0.152 e. The van der Waals surface area contributed by atoms with Crippen LogP contribution in [0.4, 0.5) is 17.2 Å². The predicted octanol–water partition coefficient (Wildman–Crippen LogP) is 2.07. The SMILES string of the molecule is COc1cc(Nc2c(N)c(C)nn2C)cc(OC)c1. The second kappa shape index (κ2) is 5.09. The van der Waals surface area contributed by atoms with Gasteiger partial charge in [0.1, 0.15) is 11.5 Å². The number of aromatic nitrogens is 2. The van der Waals surface area contributed by atoms with E-state index in [1.54, 1.807) is 18.9 Å². The molecule has 0 saturated carbocycles. The zero-order chi connectivity index (χ0) is 14.0. The quantitative estimate of drug-likeness (QED) is 0.882. The molecule has 102 valence electrons. The lowest BCUT2D eigenvalue weighted by molar-refractivity contribution is 0.395. The van der Waals surface area contributed by atoms with Crippen LogP contribution in [0, 0.1) is 6.92 Å². The minimum absolute atomic E-state index is 0.629. The van der Waals surface area contributed by atoms with Crippen molar-refractivity contribution in [2.24, 2.45) is 7.05 Å². The van der Waals surface area contributed by atoms with Crippen LogP contribution < -0.4 is 20.5 Å². The van der Waals surface area contributed by atoms with E-state index in [-0.39, 0.29) is 0 Å². The number of methoxy groups -OCH3 is 2. The van der Waals surface area contributed by atoms with E-state index in [1.165, 1.54) is 0 Å². The van der Waals surface area contributed by atoms with Gasteiger partial charge in [0.2, 0.25) is 0 Å². The first kappa shape index (κ1) is 13.1. The van der Waals surface area contributed by atoms with E-state index in [1.807, 2.05) is 32.2 Å². The Morgan fingerprint density at radius 3 is 2.16 bits per heavy atom. The first-order valence-electron chi connectivity index (χ1n) is 5.84. The van der Waals surface area contributed by atoms with E-state index >= 15 is 0 Å². The molecular weight excluding hydrogens is 244 g/mol. The first-order valence-corrected chi connectivity index (χ1v) is 5.84. The number of nitrogen functional groups attached to an aromatic ring is 1. The van der Waals surface area contributed by atoms with Gasteiger partial charge in [-0.3, -0.25) is 4.68 Å². The molecule has 6 heteroatoms. The summed E-state index contributed by atoms with van der Waals surface area (Å²) < 4.78 is 12.2. The van der Waals surface area contributed by atoms with Crippen LogP contribution in [0.2, 0.25) is 0 Å². The number of aryl methyl sites for hydroxylation is 2. The standard InChI is InChI=1S/C13H18N4O2/c1-8-12(14)13(17(2)16-8)15-9-5-10(18-3)7-11(6-9)19-4/h5-7,15H,14H2,1-4H3. The van der Waals surface area contributed by atoms with Crippen LogP contribution in [0.3, 0.4) is 0 Å². The topological polar surface area (TPSA) is 74.3 Å². The molecule has 0 aliphatic heterocycles. The molecule has 1 heterocycles. The Morgan fingerprint density at radius 1 is 1.16 bits per heavy atom. The Balaban J connectivity index is 2.37. The fourth-order valence-corrected chi connectivity index (χ4v) is 1.84. The molecule has 6 nitrogen and oxygen atoms in total. The molecule has 1 aromatic heterocycles. The smallest absolute Gasteiger partial charge is 0.152 e. The number of hydrogen-bond donors (Lipinski definition) is 2. The highest BCUT2D eigenvalue weighted by Gasteiger charge is 2.11. The van der Waals surface area contributed by atoms with Gasteiger partial charge < -0.3 is 20.5 Å². The third-order valence-corrected chi connectivity index (χ3v) is 2.88. The van der Waals surface area contributed by atoms with Gasteiger partial charge in [-0.2, -0.15) is 5.10 Å².